The average molecular weight is 243 g/mol. The van der Waals surface area contributed by atoms with Gasteiger partial charge in [-0.15, -0.1) is 0 Å². The molecule has 0 aliphatic carbocycles. The fourth-order valence-corrected chi connectivity index (χ4v) is 2.60. The summed E-state index contributed by atoms with van der Waals surface area (Å²) in [5, 5.41) is 9.50. The van der Waals surface area contributed by atoms with Gasteiger partial charge >= 0.3 is 0 Å². The van der Waals surface area contributed by atoms with Gasteiger partial charge in [0.1, 0.15) is 0 Å². The van der Waals surface area contributed by atoms with E-state index in [1.54, 1.807) is 38.1 Å². The van der Waals surface area contributed by atoms with Crippen molar-refractivity contribution >= 4 is 15.7 Å². The lowest BCUT2D eigenvalue weighted by atomic mass is 10.1. The summed E-state index contributed by atoms with van der Waals surface area (Å²) in [5.41, 5.74) is 1.04. The first kappa shape index (κ1) is 13.0. The predicted molar refractivity (Wildman–Crippen MR) is 64.8 cm³/mol. The Morgan fingerprint density at radius 2 is 2.00 bits per heavy atom. The molecule has 0 amide bonds. The molecule has 0 aliphatic heterocycles. The normalized spacial score (nSPS) is 13.4. The highest BCUT2D eigenvalue weighted by molar-refractivity contribution is 7.92. The molecule has 0 aromatic heterocycles. The second-order valence-corrected chi connectivity index (χ2v) is 5.53. The maximum absolute atomic E-state index is 11.6. The summed E-state index contributed by atoms with van der Waals surface area (Å²) in [6.07, 6.45) is -0.132. The van der Waals surface area contributed by atoms with Gasteiger partial charge in [0.15, 0.2) is 0 Å². The number of rotatable bonds is 5. The van der Waals surface area contributed by atoms with Crippen molar-refractivity contribution in [3.63, 3.8) is 0 Å². The first-order valence-corrected chi connectivity index (χ1v) is 6.89. The molecule has 0 aliphatic rings. The Balaban J connectivity index is 2.97. The van der Waals surface area contributed by atoms with Gasteiger partial charge in [-0.1, -0.05) is 25.1 Å². The van der Waals surface area contributed by atoms with Crippen LogP contribution in [0.3, 0.4) is 0 Å². The van der Waals surface area contributed by atoms with Crippen molar-refractivity contribution < 1.29 is 13.5 Å². The van der Waals surface area contributed by atoms with E-state index in [2.05, 4.69) is 4.72 Å². The molecular formula is C11H17NO3S. The van der Waals surface area contributed by atoms with Gasteiger partial charge in [0.2, 0.25) is 10.0 Å². The van der Waals surface area contributed by atoms with Crippen LogP contribution in [0.15, 0.2) is 24.3 Å². The van der Waals surface area contributed by atoms with Crippen molar-refractivity contribution in [3.05, 3.63) is 29.8 Å². The minimum absolute atomic E-state index is 0.0845. The standard InChI is InChI=1S/C11H17NO3S/c1-3-8-16(14,15)12-11-7-5-4-6-10(11)9(2)13/h4-7,9,12-13H,3,8H2,1-2H3. The molecular weight excluding hydrogens is 226 g/mol. The highest BCUT2D eigenvalue weighted by atomic mass is 32.2. The molecule has 0 heterocycles. The summed E-state index contributed by atoms with van der Waals surface area (Å²) >= 11 is 0. The van der Waals surface area contributed by atoms with Crippen LogP contribution in [-0.4, -0.2) is 19.3 Å². The van der Waals surface area contributed by atoms with Crippen LogP contribution in [0.5, 0.6) is 0 Å². The van der Waals surface area contributed by atoms with E-state index < -0.39 is 16.1 Å². The first-order valence-electron chi connectivity index (χ1n) is 5.23. The maximum Gasteiger partial charge on any atom is 0.232 e. The summed E-state index contributed by atoms with van der Waals surface area (Å²) in [6, 6.07) is 6.85. The molecule has 2 N–H and O–H groups in total. The summed E-state index contributed by atoms with van der Waals surface area (Å²) in [4.78, 5) is 0. The molecule has 1 rings (SSSR count). The van der Waals surface area contributed by atoms with Crippen LogP contribution in [-0.2, 0) is 10.0 Å². The quantitative estimate of drug-likeness (QED) is 0.830. The molecule has 0 fully saturated rings. The van der Waals surface area contributed by atoms with Gasteiger partial charge in [0, 0.05) is 5.56 Å². The van der Waals surface area contributed by atoms with Gasteiger partial charge in [-0.3, -0.25) is 4.72 Å². The maximum atomic E-state index is 11.6. The van der Waals surface area contributed by atoms with Crippen LogP contribution < -0.4 is 4.72 Å². The highest BCUT2D eigenvalue weighted by Crippen LogP contribution is 2.23. The fourth-order valence-electron chi connectivity index (χ4n) is 1.44. The molecule has 1 aromatic rings. The highest BCUT2D eigenvalue weighted by Gasteiger charge is 2.13. The Labute approximate surface area is 96.4 Å². The van der Waals surface area contributed by atoms with E-state index in [1.165, 1.54) is 0 Å². The molecule has 5 heteroatoms. The predicted octanol–water partition coefficient (Wildman–Crippen LogP) is 1.89. The Morgan fingerprint density at radius 1 is 1.38 bits per heavy atom. The average Bonchev–Trinajstić information content (AvgIpc) is 2.17. The van der Waals surface area contributed by atoms with E-state index in [9.17, 15) is 13.5 Å². The van der Waals surface area contributed by atoms with Gasteiger partial charge in [-0.05, 0) is 19.4 Å². The third kappa shape index (κ3) is 3.50. The van der Waals surface area contributed by atoms with Crippen LogP contribution in [0.2, 0.25) is 0 Å². The van der Waals surface area contributed by atoms with E-state index in [0.717, 1.165) is 0 Å². The number of benzene rings is 1. The van der Waals surface area contributed by atoms with E-state index in [1.807, 2.05) is 0 Å². The van der Waals surface area contributed by atoms with E-state index in [-0.39, 0.29) is 5.75 Å². The summed E-state index contributed by atoms with van der Waals surface area (Å²) in [5.74, 6) is 0.0845. The monoisotopic (exact) mass is 243 g/mol. The third-order valence-electron chi connectivity index (χ3n) is 2.15. The van der Waals surface area contributed by atoms with Crippen LogP contribution >= 0.6 is 0 Å². The molecule has 1 aromatic carbocycles. The third-order valence-corrected chi connectivity index (χ3v) is 3.63. The Kier molecular flexibility index (Phi) is 4.32. The number of para-hydroxylation sites is 1. The molecule has 16 heavy (non-hydrogen) atoms. The smallest absolute Gasteiger partial charge is 0.232 e. The van der Waals surface area contributed by atoms with Gasteiger partial charge in [-0.2, -0.15) is 0 Å². The Bertz CT molecular complexity index is 440. The fraction of sp³-hybridized carbons (Fsp3) is 0.455. The molecule has 1 unspecified atom stereocenters. The molecule has 0 radical (unpaired) electrons. The van der Waals surface area contributed by atoms with Gasteiger partial charge in [0.25, 0.3) is 0 Å². The van der Waals surface area contributed by atoms with E-state index in [0.29, 0.717) is 17.7 Å². The first-order chi connectivity index (χ1) is 7.46. The van der Waals surface area contributed by atoms with Crippen LogP contribution in [0.4, 0.5) is 5.69 Å². The van der Waals surface area contributed by atoms with Crippen molar-refractivity contribution in [1.29, 1.82) is 0 Å². The number of aliphatic hydroxyl groups is 1. The van der Waals surface area contributed by atoms with Crippen molar-refractivity contribution in [2.75, 3.05) is 10.5 Å². The molecule has 4 nitrogen and oxygen atoms in total. The summed E-state index contributed by atoms with van der Waals surface area (Å²) in [7, 11) is -3.30. The molecule has 0 spiro atoms. The number of aliphatic hydroxyl groups excluding tert-OH is 1. The SMILES string of the molecule is CCCS(=O)(=O)Nc1ccccc1C(C)O. The van der Waals surface area contributed by atoms with Crippen molar-refractivity contribution in [1.82, 2.24) is 0 Å². The zero-order valence-electron chi connectivity index (χ0n) is 9.47. The molecule has 90 valence electrons. The molecule has 0 saturated heterocycles. The van der Waals surface area contributed by atoms with Crippen molar-refractivity contribution in [2.24, 2.45) is 0 Å². The van der Waals surface area contributed by atoms with Crippen LogP contribution in [0.25, 0.3) is 0 Å². The largest absolute Gasteiger partial charge is 0.389 e. The molecule has 1 atom stereocenters. The number of nitrogens with one attached hydrogen (secondary N) is 1. The van der Waals surface area contributed by atoms with E-state index >= 15 is 0 Å². The van der Waals surface area contributed by atoms with Gasteiger partial charge < -0.3 is 5.11 Å². The number of hydrogen-bond donors (Lipinski definition) is 2. The summed E-state index contributed by atoms with van der Waals surface area (Å²) in [6.45, 7) is 3.41. The van der Waals surface area contributed by atoms with Crippen molar-refractivity contribution in [3.8, 4) is 0 Å². The zero-order valence-corrected chi connectivity index (χ0v) is 10.3. The lowest BCUT2D eigenvalue weighted by Gasteiger charge is -2.13. The lowest BCUT2D eigenvalue weighted by molar-refractivity contribution is 0.200. The minimum atomic E-state index is -3.30. The zero-order chi connectivity index (χ0) is 12.2. The number of hydrogen-bond acceptors (Lipinski definition) is 3. The molecule has 0 saturated carbocycles. The number of sulfonamides is 1. The second kappa shape index (κ2) is 5.32. The van der Waals surface area contributed by atoms with E-state index in [4.69, 9.17) is 0 Å². The van der Waals surface area contributed by atoms with Crippen LogP contribution in [0, 0.1) is 0 Å². The number of anilines is 1. The van der Waals surface area contributed by atoms with Gasteiger partial charge in [-0.25, -0.2) is 8.42 Å². The minimum Gasteiger partial charge on any atom is -0.389 e. The van der Waals surface area contributed by atoms with Crippen molar-refractivity contribution in [2.45, 2.75) is 26.4 Å². The lowest BCUT2D eigenvalue weighted by Crippen LogP contribution is -2.17. The summed E-state index contributed by atoms with van der Waals surface area (Å²) < 4.78 is 25.6. The topological polar surface area (TPSA) is 66.4 Å². The second-order valence-electron chi connectivity index (χ2n) is 3.68. The Morgan fingerprint density at radius 3 is 2.56 bits per heavy atom. The molecule has 0 bridgehead atoms. The Hall–Kier alpha value is -1.07. The van der Waals surface area contributed by atoms with Gasteiger partial charge in [0.05, 0.1) is 17.5 Å². The van der Waals surface area contributed by atoms with Crippen LogP contribution in [0.1, 0.15) is 31.9 Å².